The summed E-state index contributed by atoms with van der Waals surface area (Å²) in [4.78, 5) is 12.9. The van der Waals surface area contributed by atoms with E-state index in [4.69, 9.17) is 16.3 Å². The number of hydrogen-bond donors (Lipinski definition) is 0. The Kier molecular flexibility index (Phi) is 6.15. The molecule has 110 valence electrons. The van der Waals surface area contributed by atoms with E-state index in [9.17, 15) is 4.79 Å². The maximum atomic E-state index is 11.8. The first-order valence-electron chi connectivity index (χ1n) is 6.82. The minimum atomic E-state index is -0.173. The van der Waals surface area contributed by atoms with Crippen molar-refractivity contribution < 1.29 is 9.53 Å². The van der Waals surface area contributed by atoms with Crippen LogP contribution in [0.15, 0.2) is 59.5 Å². The van der Waals surface area contributed by atoms with Gasteiger partial charge >= 0.3 is 5.97 Å². The lowest BCUT2D eigenvalue weighted by molar-refractivity contribution is -0.143. The fourth-order valence-corrected chi connectivity index (χ4v) is 3.20. The lowest BCUT2D eigenvalue weighted by Gasteiger charge is -2.16. The second-order valence-corrected chi connectivity index (χ2v) is 6.19. The second kappa shape index (κ2) is 8.11. The van der Waals surface area contributed by atoms with Crippen molar-refractivity contribution in [3.8, 4) is 0 Å². The van der Waals surface area contributed by atoms with Crippen LogP contribution in [0.1, 0.15) is 24.2 Å². The molecule has 21 heavy (non-hydrogen) atoms. The number of esters is 1. The van der Waals surface area contributed by atoms with Gasteiger partial charge in [-0.15, -0.1) is 11.8 Å². The molecule has 0 fully saturated rings. The van der Waals surface area contributed by atoms with E-state index in [1.165, 1.54) is 0 Å². The monoisotopic (exact) mass is 320 g/mol. The third kappa shape index (κ3) is 5.10. The van der Waals surface area contributed by atoms with Gasteiger partial charge in [0.05, 0.1) is 13.0 Å². The van der Waals surface area contributed by atoms with Crippen molar-refractivity contribution in [1.29, 1.82) is 0 Å². The maximum absolute atomic E-state index is 11.8. The van der Waals surface area contributed by atoms with Gasteiger partial charge in [0, 0.05) is 15.2 Å². The van der Waals surface area contributed by atoms with E-state index in [1.807, 2.05) is 61.5 Å². The van der Waals surface area contributed by atoms with E-state index in [2.05, 4.69) is 0 Å². The number of carbonyl (C=O) groups excluding carboxylic acids is 1. The molecule has 0 radical (unpaired) electrons. The Labute approximate surface area is 134 Å². The van der Waals surface area contributed by atoms with E-state index in [-0.39, 0.29) is 11.2 Å². The molecule has 0 aliphatic carbocycles. The summed E-state index contributed by atoms with van der Waals surface area (Å²) in [5.74, 6) is -0.173. The summed E-state index contributed by atoms with van der Waals surface area (Å²) in [6.07, 6.45) is 0.352. The van der Waals surface area contributed by atoms with Crippen LogP contribution in [0.5, 0.6) is 0 Å². The van der Waals surface area contributed by atoms with Gasteiger partial charge in [0.2, 0.25) is 0 Å². The minimum Gasteiger partial charge on any atom is -0.466 e. The summed E-state index contributed by atoms with van der Waals surface area (Å²) < 4.78 is 5.08. The first-order chi connectivity index (χ1) is 10.2. The predicted octanol–water partition coefficient (Wildman–Crippen LogP) is 5.13. The quantitative estimate of drug-likeness (QED) is 0.545. The van der Waals surface area contributed by atoms with E-state index >= 15 is 0 Å². The Morgan fingerprint density at radius 1 is 1.14 bits per heavy atom. The summed E-state index contributed by atoms with van der Waals surface area (Å²) in [6.45, 7) is 2.23. The average Bonchev–Trinajstić information content (AvgIpc) is 2.50. The SMILES string of the molecule is CCOC(=O)CC(Sc1ccc(Cl)cc1)c1ccccc1. The summed E-state index contributed by atoms with van der Waals surface area (Å²) in [5, 5.41) is 0.743. The zero-order valence-electron chi connectivity index (χ0n) is 11.8. The third-order valence-corrected chi connectivity index (χ3v) is 4.44. The lowest BCUT2D eigenvalue weighted by atomic mass is 10.1. The largest absolute Gasteiger partial charge is 0.466 e. The Balaban J connectivity index is 2.15. The molecular weight excluding hydrogens is 304 g/mol. The highest BCUT2D eigenvalue weighted by molar-refractivity contribution is 7.99. The molecule has 1 unspecified atom stereocenters. The van der Waals surface area contributed by atoms with Gasteiger partial charge in [0.25, 0.3) is 0 Å². The van der Waals surface area contributed by atoms with Gasteiger partial charge in [-0.2, -0.15) is 0 Å². The molecule has 0 saturated heterocycles. The van der Waals surface area contributed by atoms with Gasteiger partial charge in [-0.25, -0.2) is 0 Å². The number of thioether (sulfide) groups is 1. The molecule has 0 heterocycles. The normalized spacial score (nSPS) is 11.9. The maximum Gasteiger partial charge on any atom is 0.307 e. The highest BCUT2D eigenvalue weighted by atomic mass is 35.5. The number of ether oxygens (including phenoxy) is 1. The number of hydrogen-bond acceptors (Lipinski definition) is 3. The minimum absolute atomic E-state index is 0.0337. The summed E-state index contributed by atoms with van der Waals surface area (Å²) in [6, 6.07) is 17.7. The lowest BCUT2D eigenvalue weighted by Crippen LogP contribution is -2.08. The van der Waals surface area contributed by atoms with Crippen molar-refractivity contribution in [2.24, 2.45) is 0 Å². The van der Waals surface area contributed by atoms with Gasteiger partial charge in [-0.3, -0.25) is 4.79 Å². The molecule has 0 N–H and O–H groups in total. The third-order valence-electron chi connectivity index (χ3n) is 2.92. The Morgan fingerprint density at radius 3 is 2.43 bits per heavy atom. The van der Waals surface area contributed by atoms with Crippen molar-refractivity contribution in [2.45, 2.75) is 23.5 Å². The summed E-state index contributed by atoms with van der Waals surface area (Å²) >= 11 is 7.55. The molecule has 0 aromatic heterocycles. The highest BCUT2D eigenvalue weighted by Gasteiger charge is 2.18. The first kappa shape index (κ1) is 15.9. The molecule has 0 aliphatic heterocycles. The Bertz CT molecular complexity index is 569. The van der Waals surface area contributed by atoms with Crippen LogP contribution in [-0.4, -0.2) is 12.6 Å². The molecule has 0 saturated carbocycles. The number of benzene rings is 2. The van der Waals surface area contributed by atoms with Crippen molar-refractivity contribution in [1.82, 2.24) is 0 Å². The van der Waals surface area contributed by atoms with Gasteiger partial charge in [-0.1, -0.05) is 41.9 Å². The van der Waals surface area contributed by atoms with Gasteiger partial charge < -0.3 is 4.74 Å². The van der Waals surface area contributed by atoms with Crippen LogP contribution >= 0.6 is 23.4 Å². The zero-order chi connectivity index (χ0) is 15.1. The van der Waals surface area contributed by atoms with Crippen molar-refractivity contribution in [3.05, 3.63) is 65.2 Å². The van der Waals surface area contributed by atoms with Crippen LogP contribution in [0, 0.1) is 0 Å². The Morgan fingerprint density at radius 2 is 1.81 bits per heavy atom. The number of halogens is 1. The summed E-state index contributed by atoms with van der Waals surface area (Å²) in [5.41, 5.74) is 1.12. The van der Waals surface area contributed by atoms with Gasteiger partial charge in [-0.05, 0) is 36.8 Å². The average molecular weight is 321 g/mol. The second-order valence-electron chi connectivity index (χ2n) is 4.48. The number of carbonyl (C=O) groups is 1. The van der Waals surface area contributed by atoms with E-state index in [0.717, 1.165) is 10.5 Å². The van der Waals surface area contributed by atoms with E-state index in [1.54, 1.807) is 11.8 Å². The molecule has 0 aliphatic rings. The molecule has 2 aromatic carbocycles. The van der Waals surface area contributed by atoms with Crippen molar-refractivity contribution in [3.63, 3.8) is 0 Å². The fraction of sp³-hybridized carbons (Fsp3) is 0.235. The molecule has 2 rings (SSSR count). The molecule has 1 atom stereocenters. The van der Waals surface area contributed by atoms with Crippen LogP contribution in [0.3, 0.4) is 0 Å². The van der Waals surface area contributed by atoms with Crippen LogP contribution in [0.2, 0.25) is 5.02 Å². The fourth-order valence-electron chi connectivity index (χ4n) is 1.94. The zero-order valence-corrected chi connectivity index (χ0v) is 13.4. The molecule has 0 amide bonds. The van der Waals surface area contributed by atoms with Crippen molar-refractivity contribution in [2.75, 3.05) is 6.61 Å². The summed E-state index contributed by atoms with van der Waals surface area (Å²) in [7, 11) is 0. The Hall–Kier alpha value is -1.45. The van der Waals surface area contributed by atoms with Crippen LogP contribution < -0.4 is 0 Å². The van der Waals surface area contributed by atoms with Crippen molar-refractivity contribution >= 4 is 29.3 Å². The van der Waals surface area contributed by atoms with Crippen LogP contribution in [-0.2, 0) is 9.53 Å². The molecule has 2 aromatic rings. The van der Waals surface area contributed by atoms with E-state index < -0.39 is 0 Å². The molecular formula is C17H17ClO2S. The standard InChI is InChI=1S/C17H17ClO2S/c1-2-20-17(19)12-16(13-6-4-3-5-7-13)21-15-10-8-14(18)9-11-15/h3-11,16H,2,12H2,1H3. The molecule has 4 heteroatoms. The van der Waals surface area contributed by atoms with E-state index in [0.29, 0.717) is 18.1 Å². The highest BCUT2D eigenvalue weighted by Crippen LogP contribution is 2.38. The van der Waals surface area contributed by atoms with Gasteiger partial charge in [0.1, 0.15) is 0 Å². The van der Waals surface area contributed by atoms with Crippen LogP contribution in [0.4, 0.5) is 0 Å². The predicted molar refractivity (Wildman–Crippen MR) is 87.7 cm³/mol. The molecule has 2 nitrogen and oxygen atoms in total. The smallest absolute Gasteiger partial charge is 0.307 e. The van der Waals surface area contributed by atoms with Gasteiger partial charge in [0.15, 0.2) is 0 Å². The molecule has 0 spiro atoms. The first-order valence-corrected chi connectivity index (χ1v) is 8.07. The molecule has 0 bridgehead atoms. The van der Waals surface area contributed by atoms with Crippen LogP contribution in [0.25, 0.3) is 0 Å². The topological polar surface area (TPSA) is 26.3 Å². The number of rotatable bonds is 6.